The summed E-state index contributed by atoms with van der Waals surface area (Å²) < 4.78 is 5.41. The second kappa shape index (κ2) is 4.99. The van der Waals surface area contributed by atoms with Gasteiger partial charge in [0.15, 0.2) is 0 Å². The lowest BCUT2D eigenvalue weighted by Gasteiger charge is -2.23. The van der Waals surface area contributed by atoms with Crippen LogP contribution in [0, 0.1) is 5.41 Å². The lowest BCUT2D eigenvalue weighted by atomic mass is 9.84. The van der Waals surface area contributed by atoms with Gasteiger partial charge in [0.2, 0.25) is 0 Å². The summed E-state index contributed by atoms with van der Waals surface area (Å²) in [6.07, 6.45) is 0.980. The van der Waals surface area contributed by atoms with Crippen molar-refractivity contribution in [2.45, 2.75) is 20.3 Å². The Bertz CT molecular complexity index is 546. The third-order valence-electron chi connectivity index (χ3n) is 3.42. The van der Waals surface area contributed by atoms with Gasteiger partial charge in [-0.2, -0.15) is 0 Å². The lowest BCUT2D eigenvalue weighted by Crippen LogP contribution is -2.26. The molecule has 2 nitrogen and oxygen atoms in total. The van der Waals surface area contributed by atoms with Crippen LogP contribution in [-0.2, 0) is 6.42 Å². The van der Waals surface area contributed by atoms with E-state index >= 15 is 0 Å². The number of ether oxygens (including phenoxy) is 1. The first-order valence-electron chi connectivity index (χ1n) is 6.32. The van der Waals surface area contributed by atoms with Crippen LogP contribution in [0.3, 0.4) is 0 Å². The maximum absolute atomic E-state index is 5.83. The van der Waals surface area contributed by atoms with Gasteiger partial charge < -0.3 is 10.5 Å². The number of methoxy groups -OCH3 is 1. The number of hydrogen-bond donors (Lipinski definition) is 1. The van der Waals surface area contributed by atoms with Gasteiger partial charge in [0.1, 0.15) is 5.75 Å². The van der Waals surface area contributed by atoms with E-state index in [2.05, 4.69) is 38.1 Å². The summed E-state index contributed by atoms with van der Waals surface area (Å²) in [6.45, 7) is 5.09. The van der Waals surface area contributed by atoms with Crippen LogP contribution in [0.4, 0.5) is 0 Å². The molecule has 0 unspecified atom stereocenters. The van der Waals surface area contributed by atoms with E-state index in [-0.39, 0.29) is 5.41 Å². The molecule has 0 atom stereocenters. The minimum atomic E-state index is 0.122. The molecular weight excluding hydrogens is 222 g/mol. The SMILES string of the molecule is COc1ccc(CC(C)(C)CN)c2ccccc12. The van der Waals surface area contributed by atoms with Gasteiger partial charge in [-0.3, -0.25) is 0 Å². The number of nitrogens with two attached hydrogens (primary N) is 1. The average Bonchev–Trinajstić information content (AvgIpc) is 2.39. The number of fused-ring (bicyclic) bond motifs is 1. The van der Waals surface area contributed by atoms with Crippen molar-refractivity contribution in [2.24, 2.45) is 11.1 Å². The van der Waals surface area contributed by atoms with E-state index in [0.29, 0.717) is 6.54 Å². The van der Waals surface area contributed by atoms with E-state index in [1.807, 2.05) is 12.1 Å². The molecule has 18 heavy (non-hydrogen) atoms. The quantitative estimate of drug-likeness (QED) is 0.893. The molecule has 0 saturated heterocycles. The predicted molar refractivity (Wildman–Crippen MR) is 77.0 cm³/mol. The zero-order valence-electron chi connectivity index (χ0n) is 11.4. The summed E-state index contributed by atoms with van der Waals surface area (Å²) in [5, 5.41) is 2.43. The minimum Gasteiger partial charge on any atom is -0.496 e. The number of benzene rings is 2. The van der Waals surface area contributed by atoms with Gasteiger partial charge >= 0.3 is 0 Å². The Hall–Kier alpha value is -1.54. The lowest BCUT2D eigenvalue weighted by molar-refractivity contribution is 0.377. The molecule has 2 heteroatoms. The summed E-state index contributed by atoms with van der Waals surface area (Å²) in [5.41, 5.74) is 7.29. The maximum Gasteiger partial charge on any atom is 0.126 e. The summed E-state index contributed by atoms with van der Waals surface area (Å²) in [4.78, 5) is 0. The fraction of sp³-hybridized carbons (Fsp3) is 0.375. The topological polar surface area (TPSA) is 35.2 Å². The molecule has 0 amide bonds. The summed E-state index contributed by atoms with van der Waals surface area (Å²) in [5.74, 6) is 0.930. The van der Waals surface area contributed by atoms with Crippen molar-refractivity contribution < 1.29 is 4.74 Å². The highest BCUT2D eigenvalue weighted by Gasteiger charge is 2.18. The molecule has 0 aliphatic carbocycles. The first kappa shape index (κ1) is 12.9. The van der Waals surface area contributed by atoms with E-state index in [9.17, 15) is 0 Å². The van der Waals surface area contributed by atoms with Gasteiger partial charge in [0.05, 0.1) is 7.11 Å². The molecule has 0 bridgehead atoms. The molecule has 0 saturated carbocycles. The van der Waals surface area contributed by atoms with Crippen molar-refractivity contribution in [3.63, 3.8) is 0 Å². The van der Waals surface area contributed by atoms with Gasteiger partial charge in [0.25, 0.3) is 0 Å². The molecule has 0 aliphatic heterocycles. The highest BCUT2D eigenvalue weighted by atomic mass is 16.5. The summed E-state index contributed by atoms with van der Waals surface area (Å²) in [7, 11) is 1.71. The Morgan fingerprint density at radius 2 is 1.72 bits per heavy atom. The van der Waals surface area contributed by atoms with Gasteiger partial charge in [-0.15, -0.1) is 0 Å². The highest BCUT2D eigenvalue weighted by molar-refractivity contribution is 5.91. The molecule has 2 N–H and O–H groups in total. The molecule has 2 aromatic rings. The summed E-state index contributed by atoms with van der Waals surface area (Å²) in [6, 6.07) is 12.6. The largest absolute Gasteiger partial charge is 0.496 e. The van der Waals surface area contributed by atoms with Gasteiger partial charge in [-0.1, -0.05) is 44.2 Å². The molecule has 0 fully saturated rings. The van der Waals surface area contributed by atoms with Crippen molar-refractivity contribution in [1.82, 2.24) is 0 Å². The van der Waals surface area contributed by atoms with Crippen molar-refractivity contribution in [3.05, 3.63) is 42.0 Å². The van der Waals surface area contributed by atoms with Gasteiger partial charge in [-0.25, -0.2) is 0 Å². The molecule has 0 aliphatic rings. The predicted octanol–water partition coefficient (Wildman–Crippen LogP) is 3.38. The average molecular weight is 243 g/mol. The third-order valence-corrected chi connectivity index (χ3v) is 3.42. The molecule has 96 valence electrons. The first-order chi connectivity index (χ1) is 8.57. The van der Waals surface area contributed by atoms with Crippen LogP contribution < -0.4 is 10.5 Å². The molecule has 0 radical (unpaired) electrons. The Labute approximate surface area is 109 Å². The van der Waals surface area contributed by atoms with E-state index in [4.69, 9.17) is 10.5 Å². The third kappa shape index (κ3) is 2.49. The standard InChI is InChI=1S/C16H21NO/c1-16(2,11-17)10-12-8-9-15(18-3)14-7-5-4-6-13(12)14/h4-9H,10-11,17H2,1-3H3. The van der Waals surface area contributed by atoms with Gasteiger partial charge in [0, 0.05) is 5.39 Å². The molecule has 2 rings (SSSR count). The van der Waals surface area contributed by atoms with Crippen LogP contribution in [0.15, 0.2) is 36.4 Å². The fourth-order valence-corrected chi connectivity index (χ4v) is 2.25. The van der Waals surface area contributed by atoms with Crippen molar-refractivity contribution >= 4 is 10.8 Å². The summed E-state index contributed by atoms with van der Waals surface area (Å²) >= 11 is 0. The van der Waals surface area contributed by atoms with Crippen molar-refractivity contribution in [1.29, 1.82) is 0 Å². The Morgan fingerprint density at radius 3 is 2.33 bits per heavy atom. The first-order valence-corrected chi connectivity index (χ1v) is 6.32. The number of rotatable bonds is 4. The number of hydrogen-bond acceptors (Lipinski definition) is 2. The molecule has 0 aromatic heterocycles. The fourth-order valence-electron chi connectivity index (χ4n) is 2.25. The molecular formula is C16H21NO. The smallest absolute Gasteiger partial charge is 0.126 e. The molecule has 0 spiro atoms. The van der Waals surface area contributed by atoms with E-state index < -0.39 is 0 Å². The Morgan fingerprint density at radius 1 is 1.06 bits per heavy atom. The Kier molecular flexibility index (Phi) is 3.58. The van der Waals surface area contributed by atoms with Crippen LogP contribution in [0.25, 0.3) is 10.8 Å². The highest BCUT2D eigenvalue weighted by Crippen LogP contribution is 2.31. The van der Waals surface area contributed by atoms with Crippen LogP contribution in [0.2, 0.25) is 0 Å². The zero-order valence-corrected chi connectivity index (χ0v) is 11.4. The van der Waals surface area contributed by atoms with Crippen LogP contribution >= 0.6 is 0 Å². The zero-order chi connectivity index (χ0) is 13.2. The van der Waals surface area contributed by atoms with E-state index in [0.717, 1.165) is 12.2 Å². The molecule has 2 aromatic carbocycles. The second-order valence-corrected chi connectivity index (χ2v) is 5.52. The van der Waals surface area contributed by atoms with E-state index in [1.54, 1.807) is 7.11 Å². The van der Waals surface area contributed by atoms with E-state index in [1.165, 1.54) is 16.3 Å². The maximum atomic E-state index is 5.83. The van der Waals surface area contributed by atoms with Crippen LogP contribution in [-0.4, -0.2) is 13.7 Å². The normalized spacial score (nSPS) is 11.8. The monoisotopic (exact) mass is 243 g/mol. The van der Waals surface area contributed by atoms with Crippen molar-refractivity contribution in [2.75, 3.05) is 13.7 Å². The van der Waals surface area contributed by atoms with Gasteiger partial charge in [-0.05, 0) is 35.4 Å². The second-order valence-electron chi connectivity index (χ2n) is 5.52. The Balaban J connectivity index is 2.53. The van der Waals surface area contributed by atoms with Crippen LogP contribution in [0.1, 0.15) is 19.4 Å². The minimum absolute atomic E-state index is 0.122. The van der Waals surface area contributed by atoms with Crippen LogP contribution in [0.5, 0.6) is 5.75 Å². The van der Waals surface area contributed by atoms with Crippen molar-refractivity contribution in [3.8, 4) is 5.75 Å². The molecule has 0 heterocycles.